The van der Waals surface area contributed by atoms with E-state index in [1.165, 1.54) is 16.7 Å². The van der Waals surface area contributed by atoms with Gasteiger partial charge in [0.15, 0.2) is 0 Å². The van der Waals surface area contributed by atoms with Crippen LogP contribution < -0.4 is 0 Å². The quantitative estimate of drug-likeness (QED) is 0.666. The normalized spacial score (nSPS) is 10.7. The average molecular weight is 311 g/mol. The van der Waals surface area contributed by atoms with E-state index in [9.17, 15) is 4.79 Å². The van der Waals surface area contributed by atoms with Crippen LogP contribution in [0.4, 0.5) is 0 Å². The summed E-state index contributed by atoms with van der Waals surface area (Å²) in [6.45, 7) is 4.18. The number of imidazole rings is 1. The standard InChI is InChI=1S/C18H15ClN2O/c1-12-6-7-13(2)16(8-12)14-4-3-5-15(9-14)21-10-17(18(19)22)20-11-21/h3-11H,1-2H3. The highest BCUT2D eigenvalue weighted by Gasteiger charge is 2.08. The fourth-order valence-electron chi connectivity index (χ4n) is 2.45. The van der Waals surface area contributed by atoms with Crippen molar-refractivity contribution in [1.82, 2.24) is 9.55 Å². The van der Waals surface area contributed by atoms with E-state index in [4.69, 9.17) is 11.6 Å². The van der Waals surface area contributed by atoms with E-state index >= 15 is 0 Å². The summed E-state index contributed by atoms with van der Waals surface area (Å²) in [7, 11) is 0. The minimum Gasteiger partial charge on any atom is -0.305 e. The number of carbonyl (C=O) groups is 1. The molecule has 0 aliphatic rings. The van der Waals surface area contributed by atoms with Gasteiger partial charge in [0.1, 0.15) is 12.0 Å². The molecule has 0 saturated heterocycles. The van der Waals surface area contributed by atoms with Gasteiger partial charge in [-0.15, -0.1) is 0 Å². The molecule has 0 bridgehead atoms. The molecule has 110 valence electrons. The van der Waals surface area contributed by atoms with E-state index in [2.05, 4.69) is 49.2 Å². The van der Waals surface area contributed by atoms with E-state index in [-0.39, 0.29) is 5.69 Å². The number of benzene rings is 2. The second kappa shape index (κ2) is 5.78. The van der Waals surface area contributed by atoms with Crippen molar-refractivity contribution in [3.63, 3.8) is 0 Å². The number of rotatable bonds is 3. The first-order chi connectivity index (χ1) is 10.5. The monoisotopic (exact) mass is 310 g/mol. The lowest BCUT2D eigenvalue weighted by molar-refractivity contribution is 0.107. The molecular formula is C18H15ClN2O. The Hall–Kier alpha value is -2.39. The molecule has 0 saturated carbocycles. The minimum atomic E-state index is -0.551. The van der Waals surface area contributed by atoms with Gasteiger partial charge in [0.25, 0.3) is 5.24 Å². The van der Waals surface area contributed by atoms with Gasteiger partial charge in [0, 0.05) is 11.9 Å². The van der Waals surface area contributed by atoms with Crippen LogP contribution in [-0.2, 0) is 0 Å². The predicted molar refractivity (Wildman–Crippen MR) is 88.7 cm³/mol. The zero-order chi connectivity index (χ0) is 15.7. The van der Waals surface area contributed by atoms with Crippen LogP contribution in [-0.4, -0.2) is 14.8 Å². The SMILES string of the molecule is Cc1ccc(C)c(-c2cccc(-n3cnc(C(=O)Cl)c3)c2)c1. The number of nitrogens with zero attached hydrogens (tertiary/aromatic N) is 2. The summed E-state index contributed by atoms with van der Waals surface area (Å²) in [5.74, 6) is 0. The first-order valence-electron chi connectivity index (χ1n) is 6.96. The molecule has 3 nitrogen and oxygen atoms in total. The fourth-order valence-corrected chi connectivity index (χ4v) is 2.54. The number of halogens is 1. The maximum absolute atomic E-state index is 11.2. The molecule has 0 fully saturated rings. The van der Waals surface area contributed by atoms with Gasteiger partial charge < -0.3 is 4.57 Å². The molecule has 3 aromatic rings. The first kappa shape index (κ1) is 14.5. The average Bonchev–Trinajstić information content (AvgIpc) is 3.00. The van der Waals surface area contributed by atoms with Crippen LogP contribution in [0.15, 0.2) is 55.0 Å². The smallest absolute Gasteiger partial charge is 0.272 e. The van der Waals surface area contributed by atoms with Crippen molar-refractivity contribution in [1.29, 1.82) is 0 Å². The topological polar surface area (TPSA) is 34.9 Å². The highest BCUT2D eigenvalue weighted by molar-refractivity contribution is 6.67. The van der Waals surface area contributed by atoms with Crippen molar-refractivity contribution in [2.75, 3.05) is 0 Å². The van der Waals surface area contributed by atoms with E-state index in [0.717, 1.165) is 11.3 Å². The van der Waals surface area contributed by atoms with Gasteiger partial charge in [-0.1, -0.05) is 35.9 Å². The van der Waals surface area contributed by atoms with Crippen molar-refractivity contribution in [3.8, 4) is 16.8 Å². The highest BCUT2D eigenvalue weighted by atomic mass is 35.5. The molecular weight excluding hydrogens is 296 g/mol. The maximum Gasteiger partial charge on any atom is 0.272 e. The van der Waals surface area contributed by atoms with Gasteiger partial charge in [-0.2, -0.15) is 0 Å². The largest absolute Gasteiger partial charge is 0.305 e. The molecule has 4 heteroatoms. The Morgan fingerprint density at radius 2 is 1.95 bits per heavy atom. The number of aromatic nitrogens is 2. The molecule has 0 amide bonds. The van der Waals surface area contributed by atoms with Crippen LogP contribution in [0.1, 0.15) is 21.6 Å². The molecule has 0 N–H and O–H groups in total. The number of aryl methyl sites for hydroxylation is 2. The third kappa shape index (κ3) is 2.81. The molecule has 0 spiro atoms. The third-order valence-electron chi connectivity index (χ3n) is 3.63. The van der Waals surface area contributed by atoms with Crippen molar-refractivity contribution in [2.24, 2.45) is 0 Å². The number of hydrogen-bond donors (Lipinski definition) is 0. The van der Waals surface area contributed by atoms with Crippen molar-refractivity contribution in [2.45, 2.75) is 13.8 Å². The van der Waals surface area contributed by atoms with E-state index in [1.807, 2.05) is 12.1 Å². The molecule has 0 aliphatic heterocycles. The summed E-state index contributed by atoms with van der Waals surface area (Å²) in [5.41, 5.74) is 5.98. The lowest BCUT2D eigenvalue weighted by Crippen LogP contribution is -1.92. The van der Waals surface area contributed by atoms with Gasteiger partial charge in [-0.3, -0.25) is 4.79 Å². The zero-order valence-electron chi connectivity index (χ0n) is 12.4. The Kier molecular flexibility index (Phi) is 3.82. The second-order valence-electron chi connectivity index (χ2n) is 5.31. The summed E-state index contributed by atoms with van der Waals surface area (Å²) < 4.78 is 1.80. The van der Waals surface area contributed by atoms with Crippen LogP contribution in [0.25, 0.3) is 16.8 Å². The molecule has 22 heavy (non-hydrogen) atoms. The van der Waals surface area contributed by atoms with Crippen LogP contribution in [0.2, 0.25) is 0 Å². The molecule has 0 radical (unpaired) electrons. The Labute approximate surface area is 134 Å². The van der Waals surface area contributed by atoms with Crippen LogP contribution in [0.5, 0.6) is 0 Å². The molecule has 2 aromatic carbocycles. The fraction of sp³-hybridized carbons (Fsp3) is 0.111. The molecule has 0 aliphatic carbocycles. The molecule has 1 aromatic heterocycles. The van der Waals surface area contributed by atoms with Gasteiger partial charge in [0.05, 0.1) is 0 Å². The van der Waals surface area contributed by atoms with Gasteiger partial charge >= 0.3 is 0 Å². The Morgan fingerprint density at radius 1 is 1.14 bits per heavy atom. The second-order valence-corrected chi connectivity index (χ2v) is 5.65. The summed E-state index contributed by atoms with van der Waals surface area (Å²) >= 11 is 5.45. The predicted octanol–water partition coefficient (Wildman–Crippen LogP) is 4.54. The molecule has 3 rings (SSSR count). The van der Waals surface area contributed by atoms with Crippen LogP contribution >= 0.6 is 11.6 Å². The molecule has 0 atom stereocenters. The highest BCUT2D eigenvalue weighted by Crippen LogP contribution is 2.26. The number of hydrogen-bond acceptors (Lipinski definition) is 2. The van der Waals surface area contributed by atoms with E-state index < -0.39 is 5.24 Å². The van der Waals surface area contributed by atoms with Gasteiger partial charge in [-0.25, -0.2) is 4.98 Å². The summed E-state index contributed by atoms with van der Waals surface area (Å²) in [4.78, 5) is 15.2. The van der Waals surface area contributed by atoms with Crippen LogP contribution in [0, 0.1) is 13.8 Å². The number of carbonyl (C=O) groups excluding carboxylic acids is 1. The third-order valence-corrected chi connectivity index (χ3v) is 3.83. The Balaban J connectivity index is 2.05. The molecule has 0 unspecified atom stereocenters. The van der Waals surface area contributed by atoms with Crippen molar-refractivity contribution in [3.05, 3.63) is 71.8 Å². The zero-order valence-corrected chi connectivity index (χ0v) is 13.1. The lowest BCUT2D eigenvalue weighted by Gasteiger charge is -2.10. The van der Waals surface area contributed by atoms with Crippen LogP contribution in [0.3, 0.4) is 0 Å². The summed E-state index contributed by atoms with van der Waals surface area (Å²) in [5, 5.41) is -0.551. The van der Waals surface area contributed by atoms with Crippen molar-refractivity contribution >= 4 is 16.8 Å². The lowest BCUT2D eigenvalue weighted by atomic mass is 9.98. The molecule has 1 heterocycles. The summed E-state index contributed by atoms with van der Waals surface area (Å²) in [6.07, 6.45) is 3.23. The van der Waals surface area contributed by atoms with Gasteiger partial charge in [-0.05, 0) is 54.3 Å². The first-order valence-corrected chi connectivity index (χ1v) is 7.34. The minimum absolute atomic E-state index is 0.249. The Morgan fingerprint density at radius 3 is 2.68 bits per heavy atom. The Bertz CT molecular complexity index is 852. The summed E-state index contributed by atoms with van der Waals surface area (Å²) in [6, 6.07) is 14.5. The van der Waals surface area contributed by atoms with Gasteiger partial charge in [0.2, 0.25) is 0 Å². The van der Waals surface area contributed by atoms with E-state index in [0.29, 0.717) is 0 Å². The van der Waals surface area contributed by atoms with E-state index in [1.54, 1.807) is 17.1 Å². The van der Waals surface area contributed by atoms with Crippen molar-refractivity contribution < 1.29 is 4.79 Å². The maximum atomic E-state index is 11.2.